The van der Waals surface area contributed by atoms with Crippen LogP contribution < -0.4 is 15.6 Å². The molecule has 1 amide bonds. The van der Waals surface area contributed by atoms with Crippen LogP contribution in [0.2, 0.25) is 10.0 Å². The zero-order valence-electron chi connectivity index (χ0n) is 16.9. The molecule has 2 aromatic heterocycles. The minimum absolute atomic E-state index is 0.0112. The van der Waals surface area contributed by atoms with E-state index in [1.54, 1.807) is 6.92 Å². The van der Waals surface area contributed by atoms with Crippen LogP contribution in [0, 0.1) is 6.92 Å². The molecule has 0 radical (unpaired) electrons. The lowest BCUT2D eigenvalue weighted by atomic mass is 10.2. The molecule has 0 aliphatic heterocycles. The minimum Gasteiger partial charge on any atom is -0.309 e. The molecule has 1 aromatic carbocycles. The summed E-state index contributed by atoms with van der Waals surface area (Å²) in [5.74, 6) is -0.633. The fourth-order valence-corrected chi connectivity index (χ4v) is 4.26. The van der Waals surface area contributed by atoms with Gasteiger partial charge < -0.3 is 5.32 Å². The topological polar surface area (TPSA) is 123 Å². The van der Waals surface area contributed by atoms with Crippen molar-refractivity contribution in [3.63, 3.8) is 0 Å². The molecule has 9 nitrogen and oxygen atoms in total. The quantitative estimate of drug-likeness (QED) is 0.494. The molecule has 12 heteroatoms. The number of benzene rings is 1. The van der Waals surface area contributed by atoms with Gasteiger partial charge in [0.05, 0.1) is 11.2 Å². The van der Waals surface area contributed by atoms with Gasteiger partial charge in [-0.3, -0.25) is 9.59 Å². The lowest BCUT2D eigenvalue weighted by molar-refractivity contribution is -0.117. The maximum atomic E-state index is 12.7. The highest BCUT2D eigenvalue weighted by Gasteiger charge is 2.20. The van der Waals surface area contributed by atoms with E-state index in [4.69, 9.17) is 23.2 Å². The zero-order valence-corrected chi connectivity index (χ0v) is 19.2. The second-order valence-electron chi connectivity index (χ2n) is 6.77. The van der Waals surface area contributed by atoms with Gasteiger partial charge >= 0.3 is 0 Å². The van der Waals surface area contributed by atoms with Crippen molar-refractivity contribution in [2.24, 2.45) is 0 Å². The van der Waals surface area contributed by atoms with Gasteiger partial charge in [0.25, 0.3) is 15.6 Å². The summed E-state index contributed by atoms with van der Waals surface area (Å²) in [6, 6.07) is 12.4. The number of aromatic nitrogens is 3. The lowest BCUT2D eigenvalue weighted by Gasteiger charge is -2.11. The number of amides is 1. The van der Waals surface area contributed by atoms with Crippen LogP contribution in [0.15, 0.2) is 58.5 Å². The first-order chi connectivity index (χ1) is 15.2. The Morgan fingerprint density at radius 3 is 2.56 bits per heavy atom. The van der Waals surface area contributed by atoms with E-state index in [1.165, 1.54) is 12.1 Å². The second-order valence-corrected chi connectivity index (χ2v) is 9.24. The number of aryl methyl sites for hydroxylation is 1. The van der Waals surface area contributed by atoms with E-state index in [-0.39, 0.29) is 27.4 Å². The van der Waals surface area contributed by atoms with Gasteiger partial charge in [0.2, 0.25) is 5.91 Å². The number of hydrogen-bond acceptors (Lipinski definition) is 6. The molecule has 2 N–H and O–H groups in total. The van der Waals surface area contributed by atoms with E-state index in [2.05, 4.69) is 20.1 Å². The summed E-state index contributed by atoms with van der Waals surface area (Å²) in [6.07, 6.45) is 1.66. The number of hydrogen-bond donors (Lipinski definition) is 2. The molecular formula is C20H19Cl2N5O4S. The molecule has 3 rings (SSSR count). The molecule has 0 atom stereocenters. The van der Waals surface area contributed by atoms with Crippen LogP contribution >= 0.6 is 23.2 Å². The Morgan fingerprint density at radius 2 is 1.84 bits per heavy atom. The molecule has 2 heterocycles. The molecule has 0 spiro atoms. The Hall–Kier alpha value is -2.79. The average Bonchev–Trinajstić information content (AvgIpc) is 2.76. The Labute approximate surface area is 194 Å². The SMILES string of the molecule is Cc1ccc(NC(=O)Cn2ncc(Cl)c(Cl)c2=O)nc1S(=O)(=O)NCCc1ccccc1. The number of rotatable bonds is 8. The summed E-state index contributed by atoms with van der Waals surface area (Å²) < 4.78 is 28.8. The molecule has 168 valence electrons. The minimum atomic E-state index is -3.91. The number of carbonyl (C=O) groups is 1. The highest BCUT2D eigenvalue weighted by molar-refractivity contribution is 7.89. The number of sulfonamides is 1. The summed E-state index contributed by atoms with van der Waals surface area (Å²) in [7, 11) is -3.91. The van der Waals surface area contributed by atoms with Crippen molar-refractivity contribution < 1.29 is 13.2 Å². The predicted octanol–water partition coefficient (Wildman–Crippen LogP) is 2.41. The second kappa shape index (κ2) is 10.2. The van der Waals surface area contributed by atoms with Crippen LogP contribution in [0.5, 0.6) is 0 Å². The molecule has 0 aliphatic rings. The normalized spacial score (nSPS) is 11.3. The molecule has 32 heavy (non-hydrogen) atoms. The van der Waals surface area contributed by atoms with Gasteiger partial charge in [-0.25, -0.2) is 22.8 Å². The maximum absolute atomic E-state index is 12.7. The summed E-state index contributed by atoms with van der Waals surface area (Å²) in [4.78, 5) is 28.4. The third-order valence-electron chi connectivity index (χ3n) is 4.36. The fraction of sp³-hybridized carbons (Fsp3) is 0.200. The maximum Gasteiger partial charge on any atom is 0.287 e. The third kappa shape index (κ3) is 5.92. The van der Waals surface area contributed by atoms with E-state index in [9.17, 15) is 18.0 Å². The van der Waals surface area contributed by atoms with Crippen molar-refractivity contribution in [3.05, 3.63) is 80.2 Å². The summed E-state index contributed by atoms with van der Waals surface area (Å²) in [6.45, 7) is 1.34. The highest BCUT2D eigenvalue weighted by Crippen LogP contribution is 2.17. The number of carbonyl (C=O) groups excluding carboxylic acids is 1. The molecule has 0 bridgehead atoms. The van der Waals surface area contributed by atoms with Crippen LogP contribution in [-0.2, 0) is 27.8 Å². The lowest BCUT2D eigenvalue weighted by Crippen LogP contribution is -2.30. The predicted molar refractivity (Wildman–Crippen MR) is 121 cm³/mol. The number of nitrogens with one attached hydrogen (secondary N) is 2. The van der Waals surface area contributed by atoms with Crippen molar-refractivity contribution in [1.82, 2.24) is 19.5 Å². The summed E-state index contributed by atoms with van der Waals surface area (Å²) in [5.41, 5.74) is 0.682. The summed E-state index contributed by atoms with van der Waals surface area (Å²) in [5, 5.41) is 5.73. The number of nitrogens with zero attached hydrogens (tertiary/aromatic N) is 3. The third-order valence-corrected chi connectivity index (χ3v) is 6.61. The van der Waals surface area contributed by atoms with Gasteiger partial charge in [0.15, 0.2) is 5.03 Å². The van der Waals surface area contributed by atoms with E-state index in [0.29, 0.717) is 12.0 Å². The monoisotopic (exact) mass is 495 g/mol. The van der Waals surface area contributed by atoms with Gasteiger partial charge in [0, 0.05) is 6.54 Å². The molecule has 0 saturated carbocycles. The molecular weight excluding hydrogens is 477 g/mol. The van der Waals surface area contributed by atoms with Crippen LogP contribution in [0.4, 0.5) is 5.82 Å². The number of anilines is 1. The largest absolute Gasteiger partial charge is 0.309 e. The van der Waals surface area contributed by atoms with Crippen LogP contribution in [0.3, 0.4) is 0 Å². The first-order valence-corrected chi connectivity index (χ1v) is 11.6. The van der Waals surface area contributed by atoms with Gasteiger partial charge in [-0.1, -0.05) is 59.6 Å². The fourth-order valence-electron chi connectivity index (χ4n) is 2.77. The van der Waals surface area contributed by atoms with Crippen LogP contribution in [0.25, 0.3) is 0 Å². The van der Waals surface area contributed by atoms with Crippen molar-refractivity contribution >= 4 is 45.0 Å². The Balaban J connectivity index is 1.70. The first kappa shape index (κ1) is 23.9. The molecule has 0 fully saturated rings. The number of pyridine rings is 1. The van der Waals surface area contributed by atoms with Gasteiger partial charge in [-0.2, -0.15) is 5.10 Å². The highest BCUT2D eigenvalue weighted by atomic mass is 35.5. The Morgan fingerprint density at radius 1 is 1.12 bits per heavy atom. The molecule has 0 aliphatic carbocycles. The van der Waals surface area contributed by atoms with Gasteiger partial charge in [-0.05, 0) is 30.5 Å². The molecule has 0 saturated heterocycles. The van der Waals surface area contributed by atoms with Crippen LogP contribution in [0.1, 0.15) is 11.1 Å². The molecule has 3 aromatic rings. The van der Waals surface area contributed by atoms with Crippen molar-refractivity contribution in [2.75, 3.05) is 11.9 Å². The van der Waals surface area contributed by atoms with Gasteiger partial charge in [0.1, 0.15) is 17.4 Å². The average molecular weight is 496 g/mol. The van der Waals surface area contributed by atoms with Crippen molar-refractivity contribution in [3.8, 4) is 0 Å². The Bertz CT molecular complexity index is 1300. The van der Waals surface area contributed by atoms with Crippen molar-refractivity contribution in [2.45, 2.75) is 24.9 Å². The smallest absolute Gasteiger partial charge is 0.287 e. The summed E-state index contributed by atoms with van der Waals surface area (Å²) >= 11 is 11.5. The van der Waals surface area contributed by atoms with Gasteiger partial charge in [-0.15, -0.1) is 0 Å². The molecule has 0 unspecified atom stereocenters. The van der Waals surface area contributed by atoms with E-state index in [1.807, 2.05) is 30.3 Å². The standard InChI is InChI=1S/C20H19Cl2N5O4S/c1-13-7-8-16(25-17(28)12-27-20(29)18(22)15(21)11-23-27)26-19(13)32(30,31)24-10-9-14-5-3-2-4-6-14/h2-8,11,24H,9-10,12H2,1H3,(H,25,26,28). The number of halogens is 2. The van der Waals surface area contributed by atoms with E-state index < -0.39 is 28.0 Å². The van der Waals surface area contributed by atoms with E-state index >= 15 is 0 Å². The Kier molecular flexibility index (Phi) is 7.62. The van der Waals surface area contributed by atoms with E-state index in [0.717, 1.165) is 16.4 Å². The van der Waals surface area contributed by atoms with Crippen molar-refractivity contribution in [1.29, 1.82) is 0 Å². The van der Waals surface area contributed by atoms with Crippen LogP contribution in [-0.4, -0.2) is 35.6 Å². The zero-order chi connectivity index (χ0) is 23.3. The first-order valence-electron chi connectivity index (χ1n) is 9.39.